The Kier molecular flexibility index (Phi) is 4.11. The lowest BCUT2D eigenvalue weighted by Crippen LogP contribution is -1.95. The third-order valence-corrected chi connectivity index (χ3v) is 4.18. The van der Waals surface area contributed by atoms with Crippen LogP contribution in [0.15, 0.2) is 79.1 Å². The van der Waals surface area contributed by atoms with Crippen molar-refractivity contribution in [1.82, 2.24) is 15.0 Å². The fraction of sp³-hybridized carbons (Fsp3) is 0.0476. The molecule has 4 heteroatoms. The summed E-state index contributed by atoms with van der Waals surface area (Å²) < 4.78 is 0. The molecule has 2 aromatic carbocycles. The van der Waals surface area contributed by atoms with Gasteiger partial charge in [0.05, 0.1) is 11.4 Å². The number of hydrogen-bond acceptors (Lipinski definition) is 3. The van der Waals surface area contributed by atoms with Gasteiger partial charge < -0.3 is 10.7 Å². The highest BCUT2D eigenvalue weighted by atomic mass is 14.9. The summed E-state index contributed by atoms with van der Waals surface area (Å²) in [5, 5.41) is 0. The van der Waals surface area contributed by atoms with Crippen molar-refractivity contribution in [3.8, 4) is 33.9 Å². The van der Waals surface area contributed by atoms with Crippen molar-refractivity contribution in [3.63, 3.8) is 0 Å². The molecule has 0 aliphatic heterocycles. The highest BCUT2D eigenvalue weighted by Crippen LogP contribution is 2.32. The molecular formula is C21H18N4. The summed E-state index contributed by atoms with van der Waals surface area (Å²) in [5.74, 6) is 0.852. The Morgan fingerprint density at radius 2 is 1.48 bits per heavy atom. The van der Waals surface area contributed by atoms with Crippen LogP contribution in [-0.2, 0) is 6.54 Å². The van der Waals surface area contributed by atoms with Crippen LogP contribution in [0.2, 0.25) is 0 Å². The Balaban J connectivity index is 1.87. The van der Waals surface area contributed by atoms with Gasteiger partial charge in [0.1, 0.15) is 5.82 Å². The Morgan fingerprint density at radius 3 is 2.16 bits per heavy atom. The van der Waals surface area contributed by atoms with Crippen LogP contribution in [0, 0.1) is 0 Å². The molecule has 25 heavy (non-hydrogen) atoms. The molecule has 122 valence electrons. The number of nitrogens with zero attached hydrogens (tertiary/aromatic N) is 2. The van der Waals surface area contributed by atoms with Crippen LogP contribution in [-0.4, -0.2) is 15.0 Å². The first-order valence-electron chi connectivity index (χ1n) is 8.20. The van der Waals surface area contributed by atoms with Gasteiger partial charge in [0.15, 0.2) is 0 Å². The average Bonchev–Trinajstić information content (AvgIpc) is 3.15. The van der Waals surface area contributed by atoms with Crippen molar-refractivity contribution in [2.45, 2.75) is 6.54 Å². The highest BCUT2D eigenvalue weighted by Gasteiger charge is 2.15. The maximum Gasteiger partial charge on any atom is 0.138 e. The van der Waals surface area contributed by atoms with Crippen molar-refractivity contribution in [3.05, 3.63) is 84.7 Å². The zero-order chi connectivity index (χ0) is 17.1. The van der Waals surface area contributed by atoms with Crippen LogP contribution in [0.25, 0.3) is 33.9 Å². The van der Waals surface area contributed by atoms with Gasteiger partial charge in [-0.25, -0.2) is 4.98 Å². The molecule has 0 unspecified atom stereocenters. The molecule has 0 saturated heterocycles. The molecule has 0 aliphatic rings. The number of nitrogens with one attached hydrogen (secondary N) is 1. The van der Waals surface area contributed by atoms with Gasteiger partial charge in [0.2, 0.25) is 0 Å². The van der Waals surface area contributed by atoms with Crippen LogP contribution in [0.1, 0.15) is 5.56 Å². The van der Waals surface area contributed by atoms with E-state index in [4.69, 9.17) is 10.7 Å². The minimum absolute atomic E-state index is 0.537. The Morgan fingerprint density at radius 1 is 0.760 bits per heavy atom. The number of aromatic amines is 1. The first-order chi connectivity index (χ1) is 12.3. The first-order valence-corrected chi connectivity index (χ1v) is 8.20. The number of H-pyrrole nitrogens is 1. The minimum atomic E-state index is 0.537. The van der Waals surface area contributed by atoms with E-state index in [1.165, 1.54) is 0 Å². The molecule has 4 nitrogen and oxygen atoms in total. The molecule has 0 radical (unpaired) electrons. The molecule has 4 rings (SSSR count). The summed E-state index contributed by atoms with van der Waals surface area (Å²) in [6.07, 6.45) is 3.57. The fourth-order valence-corrected chi connectivity index (χ4v) is 2.84. The fourth-order valence-electron chi connectivity index (χ4n) is 2.84. The number of rotatable bonds is 4. The zero-order valence-corrected chi connectivity index (χ0v) is 13.7. The van der Waals surface area contributed by atoms with Crippen molar-refractivity contribution in [1.29, 1.82) is 0 Å². The van der Waals surface area contributed by atoms with E-state index in [1.54, 1.807) is 12.4 Å². The van der Waals surface area contributed by atoms with Crippen LogP contribution in [0.4, 0.5) is 0 Å². The summed E-state index contributed by atoms with van der Waals surface area (Å²) in [6.45, 7) is 0.537. The summed E-state index contributed by atoms with van der Waals surface area (Å²) in [4.78, 5) is 12.5. The lowest BCUT2D eigenvalue weighted by molar-refractivity contribution is 1.07. The van der Waals surface area contributed by atoms with Crippen LogP contribution in [0.5, 0.6) is 0 Å². The van der Waals surface area contributed by atoms with E-state index in [2.05, 4.69) is 46.4 Å². The van der Waals surface area contributed by atoms with Crippen LogP contribution in [0.3, 0.4) is 0 Å². The summed E-state index contributed by atoms with van der Waals surface area (Å²) >= 11 is 0. The van der Waals surface area contributed by atoms with E-state index in [1.807, 2.05) is 30.3 Å². The second-order valence-electron chi connectivity index (χ2n) is 5.81. The van der Waals surface area contributed by atoms with Crippen LogP contribution < -0.4 is 5.73 Å². The second kappa shape index (κ2) is 6.71. The van der Waals surface area contributed by atoms with E-state index < -0.39 is 0 Å². The van der Waals surface area contributed by atoms with Gasteiger partial charge in [-0.2, -0.15) is 0 Å². The number of aromatic nitrogens is 3. The van der Waals surface area contributed by atoms with Crippen molar-refractivity contribution < 1.29 is 0 Å². The monoisotopic (exact) mass is 326 g/mol. The topological polar surface area (TPSA) is 67.6 Å². The molecule has 0 amide bonds. The summed E-state index contributed by atoms with van der Waals surface area (Å²) in [5.41, 5.74) is 11.9. The zero-order valence-electron chi connectivity index (χ0n) is 13.7. The largest absolute Gasteiger partial charge is 0.337 e. The first kappa shape index (κ1) is 15.3. The van der Waals surface area contributed by atoms with Crippen molar-refractivity contribution >= 4 is 0 Å². The molecule has 4 aromatic rings. The lowest BCUT2D eigenvalue weighted by atomic mass is 10.0. The third-order valence-electron chi connectivity index (χ3n) is 4.18. The molecule has 0 atom stereocenters. The molecule has 0 aliphatic carbocycles. The molecule has 3 N–H and O–H groups in total. The number of pyridine rings is 1. The van der Waals surface area contributed by atoms with E-state index >= 15 is 0 Å². The highest BCUT2D eigenvalue weighted by molar-refractivity contribution is 5.81. The van der Waals surface area contributed by atoms with Gasteiger partial charge >= 0.3 is 0 Å². The van der Waals surface area contributed by atoms with Gasteiger partial charge in [-0.1, -0.05) is 54.6 Å². The third kappa shape index (κ3) is 3.07. The SMILES string of the molecule is NCc1ccc(-c2[nH]c(-c3ccccc3)nc2-c2ccncc2)cc1. The number of hydrogen-bond donors (Lipinski definition) is 2. The van der Waals surface area contributed by atoms with Gasteiger partial charge in [-0.05, 0) is 17.7 Å². The number of benzene rings is 2. The summed E-state index contributed by atoms with van der Waals surface area (Å²) in [7, 11) is 0. The van der Waals surface area contributed by atoms with Crippen LogP contribution >= 0.6 is 0 Å². The maximum atomic E-state index is 5.71. The Labute approximate surface area is 146 Å². The van der Waals surface area contributed by atoms with Gasteiger partial charge in [-0.15, -0.1) is 0 Å². The van der Waals surface area contributed by atoms with E-state index in [0.29, 0.717) is 6.54 Å². The molecule has 0 fully saturated rings. The predicted octanol–water partition coefficient (Wildman–Crippen LogP) is 4.26. The quantitative estimate of drug-likeness (QED) is 0.588. The molecule has 0 saturated carbocycles. The van der Waals surface area contributed by atoms with Gasteiger partial charge in [0, 0.05) is 35.6 Å². The minimum Gasteiger partial charge on any atom is -0.337 e. The van der Waals surface area contributed by atoms with E-state index in [-0.39, 0.29) is 0 Å². The molecule has 2 aromatic heterocycles. The second-order valence-corrected chi connectivity index (χ2v) is 5.81. The standard InChI is InChI=1S/C21H18N4/c22-14-15-6-8-16(9-7-15)19-20(17-10-12-23-13-11-17)25-21(24-19)18-4-2-1-3-5-18/h1-13H,14,22H2,(H,24,25). The predicted molar refractivity (Wildman–Crippen MR) is 101 cm³/mol. The van der Waals surface area contributed by atoms with Crippen molar-refractivity contribution in [2.75, 3.05) is 0 Å². The van der Waals surface area contributed by atoms with Gasteiger partial charge in [-0.3, -0.25) is 4.98 Å². The average molecular weight is 326 g/mol. The Hall–Kier alpha value is -3.24. The maximum absolute atomic E-state index is 5.71. The van der Waals surface area contributed by atoms with Crippen molar-refractivity contribution in [2.24, 2.45) is 5.73 Å². The molecular weight excluding hydrogens is 308 g/mol. The summed E-state index contributed by atoms with van der Waals surface area (Å²) in [6, 6.07) is 22.3. The molecule has 2 heterocycles. The van der Waals surface area contributed by atoms with E-state index in [0.717, 1.165) is 39.5 Å². The normalized spacial score (nSPS) is 10.8. The smallest absolute Gasteiger partial charge is 0.138 e. The molecule has 0 spiro atoms. The van der Waals surface area contributed by atoms with Gasteiger partial charge in [0.25, 0.3) is 0 Å². The number of imidazole rings is 1. The molecule has 0 bridgehead atoms. The lowest BCUT2D eigenvalue weighted by Gasteiger charge is -2.04. The number of nitrogens with two attached hydrogens (primary N) is 1. The Bertz CT molecular complexity index is 958. The van der Waals surface area contributed by atoms with E-state index in [9.17, 15) is 0 Å².